The molecule has 0 aromatic carbocycles. The summed E-state index contributed by atoms with van der Waals surface area (Å²) in [7, 11) is -9.13. The highest BCUT2D eigenvalue weighted by molar-refractivity contribution is 7.81. The average Bonchev–Trinajstić information content (AvgIpc) is 3.14. The monoisotopic (exact) mass is 578 g/mol. The van der Waals surface area contributed by atoms with Crippen molar-refractivity contribution < 1.29 is 39.4 Å². The molecule has 11 heteroatoms. The van der Waals surface area contributed by atoms with Gasteiger partial charge >= 0.3 is 20.8 Å². The highest BCUT2D eigenvalue weighted by Gasteiger charge is 2.62. The van der Waals surface area contributed by atoms with Crippen molar-refractivity contribution in [2.45, 2.75) is 104 Å². The van der Waals surface area contributed by atoms with Crippen molar-refractivity contribution >= 4 is 20.8 Å². The highest BCUT2D eigenvalue weighted by Crippen LogP contribution is 2.68. The van der Waals surface area contributed by atoms with Crippen molar-refractivity contribution in [1.82, 2.24) is 0 Å². The molecule has 0 unspecified atom stereocenters. The van der Waals surface area contributed by atoms with Gasteiger partial charge in [0.05, 0.1) is 12.7 Å². The molecule has 4 aliphatic carbocycles. The number of allylic oxidation sites excluding steroid dienone is 1. The zero-order valence-electron chi connectivity index (χ0n) is 22.9. The maximum atomic E-state index is 11.4. The molecule has 9 nitrogen and oxygen atoms in total. The fraction of sp³-hybridized carbons (Fsp3) is 0.926. The summed E-state index contributed by atoms with van der Waals surface area (Å²) in [4.78, 5) is 0. The highest BCUT2D eigenvalue weighted by atomic mass is 32.3. The normalized spacial score (nSPS) is 42.1. The van der Waals surface area contributed by atoms with Crippen molar-refractivity contribution in [2.75, 3.05) is 6.61 Å². The van der Waals surface area contributed by atoms with Crippen LogP contribution in [0.2, 0.25) is 0 Å². The topological polar surface area (TPSA) is 147 Å². The van der Waals surface area contributed by atoms with Gasteiger partial charge in [0.2, 0.25) is 0 Å². The van der Waals surface area contributed by atoms with Crippen LogP contribution in [0.5, 0.6) is 0 Å². The van der Waals surface area contributed by atoms with E-state index in [4.69, 9.17) is 8.37 Å². The van der Waals surface area contributed by atoms with Crippen LogP contribution in [0.15, 0.2) is 12.2 Å². The number of rotatable bonds is 10. The SMILES string of the molecule is C=C(C)CCC[C@@H](COS(=O)(=O)O)[C@H]1CC[C@H]2[C@@H]3CC[C@@H]4[C@H](O)[C@H](OS(=O)(=O)O)CC[C@]4(C)[C@H]3CC[C@]12C. The number of aliphatic hydroxyl groups is 1. The summed E-state index contributed by atoms with van der Waals surface area (Å²) in [6.07, 6.45) is 7.73. The molecule has 0 aromatic heterocycles. The Labute approximate surface area is 228 Å². The molecule has 0 bridgehead atoms. The number of hydrogen-bond donors (Lipinski definition) is 3. The molecule has 0 amide bonds. The van der Waals surface area contributed by atoms with Gasteiger partial charge in [0.1, 0.15) is 6.10 Å². The van der Waals surface area contributed by atoms with Crippen molar-refractivity contribution in [3.63, 3.8) is 0 Å². The van der Waals surface area contributed by atoms with E-state index < -0.39 is 33.0 Å². The largest absolute Gasteiger partial charge is 0.397 e. The smallest absolute Gasteiger partial charge is 0.390 e. The zero-order chi connectivity index (χ0) is 28.1. The van der Waals surface area contributed by atoms with Gasteiger partial charge in [-0.15, -0.1) is 6.58 Å². The summed E-state index contributed by atoms with van der Waals surface area (Å²) in [6, 6.07) is 0. The lowest BCUT2D eigenvalue weighted by molar-refractivity contribution is -0.171. The predicted molar refractivity (Wildman–Crippen MR) is 143 cm³/mol. The van der Waals surface area contributed by atoms with E-state index in [-0.39, 0.29) is 29.3 Å². The summed E-state index contributed by atoms with van der Waals surface area (Å²) in [6.45, 7) is 10.6. The molecule has 38 heavy (non-hydrogen) atoms. The molecule has 0 heterocycles. The van der Waals surface area contributed by atoms with E-state index in [0.717, 1.165) is 69.8 Å². The maximum absolute atomic E-state index is 11.4. The Morgan fingerprint density at radius 1 is 0.921 bits per heavy atom. The lowest BCUT2D eigenvalue weighted by atomic mass is 9.44. The Bertz CT molecular complexity index is 1090. The first-order valence-corrected chi connectivity index (χ1v) is 16.9. The van der Waals surface area contributed by atoms with Gasteiger partial charge in [0.25, 0.3) is 0 Å². The fourth-order valence-electron chi connectivity index (χ4n) is 9.62. The van der Waals surface area contributed by atoms with Crippen LogP contribution in [0.4, 0.5) is 0 Å². The van der Waals surface area contributed by atoms with Gasteiger partial charge in [-0.05, 0) is 124 Å². The molecule has 220 valence electrons. The van der Waals surface area contributed by atoms with E-state index in [1.54, 1.807) is 0 Å². The molecule has 0 spiro atoms. The van der Waals surface area contributed by atoms with Crippen LogP contribution in [0.1, 0.15) is 91.4 Å². The van der Waals surface area contributed by atoms with E-state index in [9.17, 15) is 31.0 Å². The standard InChI is InChI=1S/C27H46O9S2/c1-17(2)6-5-7-18(16-35-37(29,30)31)20-10-11-21-19-8-9-23-25(28)24(36-38(32,33)34)13-15-27(23,4)22(19)12-14-26(20,21)3/h18-25,28H,1,5-16H2,2-4H3,(H,29,30,31)(H,32,33,34)/t18-,19-,20+,21-,22-,23+,24+,25-,26+,27+/m0/s1. The number of fused-ring (bicyclic) bond motifs is 5. The van der Waals surface area contributed by atoms with Crippen LogP contribution >= 0.6 is 0 Å². The molecule has 3 N–H and O–H groups in total. The first kappa shape index (κ1) is 30.4. The van der Waals surface area contributed by atoms with Crippen molar-refractivity contribution in [3.8, 4) is 0 Å². The molecular formula is C27H46O9S2. The molecule has 0 aromatic rings. The summed E-state index contributed by atoms with van der Waals surface area (Å²) in [5, 5.41) is 11.1. The zero-order valence-corrected chi connectivity index (χ0v) is 24.6. The molecule has 4 fully saturated rings. The van der Waals surface area contributed by atoms with Gasteiger partial charge in [-0.1, -0.05) is 19.4 Å². The third-order valence-electron chi connectivity index (χ3n) is 11.2. The van der Waals surface area contributed by atoms with E-state index >= 15 is 0 Å². The second-order valence-corrected chi connectivity index (χ2v) is 15.3. The van der Waals surface area contributed by atoms with Crippen LogP contribution in [-0.4, -0.2) is 49.9 Å². The van der Waals surface area contributed by atoms with Gasteiger partial charge in [0.15, 0.2) is 0 Å². The molecule has 4 rings (SSSR count). The predicted octanol–water partition coefficient (Wildman–Crippen LogP) is 4.99. The van der Waals surface area contributed by atoms with Gasteiger partial charge in [-0.25, -0.2) is 8.37 Å². The first-order valence-electron chi connectivity index (χ1n) is 14.1. The van der Waals surface area contributed by atoms with Gasteiger partial charge < -0.3 is 5.11 Å². The Hall–Kier alpha value is -0.560. The molecule has 0 saturated heterocycles. The van der Waals surface area contributed by atoms with E-state index in [1.165, 1.54) is 0 Å². The Morgan fingerprint density at radius 2 is 1.55 bits per heavy atom. The van der Waals surface area contributed by atoms with Gasteiger partial charge in [-0.2, -0.15) is 16.8 Å². The summed E-state index contributed by atoms with van der Waals surface area (Å²) < 4.78 is 73.7. The van der Waals surface area contributed by atoms with E-state index in [2.05, 4.69) is 20.4 Å². The molecule has 0 radical (unpaired) electrons. The number of hydrogen-bond acceptors (Lipinski definition) is 7. The molecule has 4 saturated carbocycles. The minimum absolute atomic E-state index is 0.00275. The summed E-state index contributed by atoms with van der Waals surface area (Å²) in [5.74, 6) is 1.64. The molecule has 4 aliphatic rings. The second-order valence-electron chi connectivity index (χ2n) is 13.2. The lowest BCUT2D eigenvalue weighted by Gasteiger charge is -2.62. The molecule has 10 atom stereocenters. The lowest BCUT2D eigenvalue weighted by Crippen LogP contribution is -2.59. The van der Waals surface area contributed by atoms with E-state index in [0.29, 0.717) is 30.1 Å². The second kappa shape index (κ2) is 11.0. The maximum Gasteiger partial charge on any atom is 0.397 e. The quantitative estimate of drug-likeness (QED) is 0.241. The third kappa shape index (κ3) is 6.19. The average molecular weight is 579 g/mol. The molecule has 0 aliphatic heterocycles. The van der Waals surface area contributed by atoms with Crippen LogP contribution < -0.4 is 0 Å². The van der Waals surface area contributed by atoms with E-state index in [1.807, 2.05) is 6.92 Å². The third-order valence-corrected chi connectivity index (χ3v) is 12.1. The minimum Gasteiger partial charge on any atom is -0.390 e. The van der Waals surface area contributed by atoms with Crippen LogP contribution in [-0.2, 0) is 29.2 Å². The first-order chi connectivity index (χ1) is 17.6. The van der Waals surface area contributed by atoms with Crippen molar-refractivity contribution in [3.05, 3.63) is 12.2 Å². The Morgan fingerprint density at radius 3 is 2.18 bits per heavy atom. The Balaban J connectivity index is 1.51. The van der Waals surface area contributed by atoms with Crippen LogP contribution in [0, 0.1) is 46.3 Å². The van der Waals surface area contributed by atoms with Crippen molar-refractivity contribution in [2.24, 2.45) is 46.3 Å². The van der Waals surface area contributed by atoms with Crippen LogP contribution in [0.25, 0.3) is 0 Å². The number of aliphatic hydroxyl groups excluding tert-OH is 1. The van der Waals surface area contributed by atoms with Gasteiger partial charge in [-0.3, -0.25) is 9.11 Å². The summed E-state index contributed by atoms with van der Waals surface area (Å²) >= 11 is 0. The minimum atomic E-state index is -4.63. The van der Waals surface area contributed by atoms with Crippen molar-refractivity contribution in [1.29, 1.82) is 0 Å². The fourth-order valence-corrected chi connectivity index (χ4v) is 10.5. The summed E-state index contributed by atoms with van der Waals surface area (Å²) in [5.41, 5.74) is 1.01. The van der Waals surface area contributed by atoms with Crippen LogP contribution in [0.3, 0.4) is 0 Å². The van der Waals surface area contributed by atoms with Gasteiger partial charge in [0, 0.05) is 0 Å². The Kier molecular flexibility index (Phi) is 8.82. The molecular weight excluding hydrogens is 532 g/mol.